The number of aromatic nitrogens is 1. The molecule has 0 fully saturated rings. The first-order chi connectivity index (χ1) is 16.9. The Balaban J connectivity index is 1.93. The number of halogens is 1. The molecule has 35 heavy (non-hydrogen) atoms. The monoisotopic (exact) mass is 512 g/mol. The Labute approximate surface area is 211 Å². The number of carbonyl (C=O) groups is 1. The highest BCUT2D eigenvalue weighted by molar-refractivity contribution is 7.07. The number of hydrogen-bond acceptors (Lipinski definition) is 7. The molecule has 1 aromatic heterocycles. The SMILES string of the molecule is CCOC(=O)C1=C(C)N=c2s/c(=C\c3ccc(OCC)c(Cl)c3)c(=O)n2[C@@H]1c1ccccc1OC. The first-order valence-electron chi connectivity index (χ1n) is 11.1. The van der Waals surface area contributed by atoms with E-state index in [-0.39, 0.29) is 12.2 Å². The molecular weight excluding hydrogens is 488 g/mol. The minimum atomic E-state index is -0.743. The average molecular weight is 513 g/mol. The molecule has 0 unspecified atom stereocenters. The molecule has 0 aliphatic carbocycles. The Kier molecular flexibility index (Phi) is 7.42. The minimum absolute atomic E-state index is 0.206. The molecule has 0 N–H and O–H groups in total. The first kappa shape index (κ1) is 24.8. The number of nitrogens with zero attached hydrogens (tertiary/aromatic N) is 2. The number of allylic oxidation sites excluding steroid dienone is 1. The zero-order chi connectivity index (χ0) is 25.1. The van der Waals surface area contributed by atoms with E-state index in [1.807, 2.05) is 31.2 Å². The lowest BCUT2D eigenvalue weighted by atomic mass is 9.95. The van der Waals surface area contributed by atoms with Crippen LogP contribution in [0.4, 0.5) is 0 Å². The molecule has 2 aromatic carbocycles. The third kappa shape index (κ3) is 4.76. The topological polar surface area (TPSA) is 79.1 Å². The predicted molar refractivity (Wildman–Crippen MR) is 136 cm³/mol. The standard InChI is InChI=1S/C26H25ClN2O5S/c1-5-33-20-12-11-16(13-18(20)27)14-21-24(30)29-23(17-9-7-8-10-19(17)32-4)22(25(31)34-6-2)15(3)28-26(29)35-21/h7-14,23H,5-6H2,1-4H3/b21-14-/t23-/m1/s1. The predicted octanol–water partition coefficient (Wildman–Crippen LogP) is 3.86. The van der Waals surface area contributed by atoms with Crippen LogP contribution in [0.3, 0.4) is 0 Å². The van der Waals surface area contributed by atoms with E-state index in [2.05, 4.69) is 4.99 Å². The van der Waals surface area contributed by atoms with Crippen LogP contribution in [0.5, 0.6) is 11.5 Å². The van der Waals surface area contributed by atoms with Crippen LogP contribution in [0.2, 0.25) is 5.02 Å². The molecule has 0 saturated carbocycles. The van der Waals surface area contributed by atoms with Crippen LogP contribution in [-0.4, -0.2) is 30.9 Å². The Bertz CT molecular complexity index is 1490. The third-order valence-corrected chi connectivity index (χ3v) is 6.78. The Morgan fingerprint density at radius 2 is 1.94 bits per heavy atom. The molecule has 0 bridgehead atoms. The van der Waals surface area contributed by atoms with Crippen molar-refractivity contribution in [3.05, 3.63) is 89.6 Å². The lowest BCUT2D eigenvalue weighted by molar-refractivity contribution is -0.139. The molecule has 2 heterocycles. The van der Waals surface area contributed by atoms with Gasteiger partial charge < -0.3 is 14.2 Å². The van der Waals surface area contributed by atoms with E-state index in [9.17, 15) is 9.59 Å². The molecule has 182 valence electrons. The number of para-hydroxylation sites is 1. The van der Waals surface area contributed by atoms with E-state index in [0.717, 1.165) is 5.56 Å². The Hall–Kier alpha value is -3.36. The Morgan fingerprint density at radius 1 is 1.17 bits per heavy atom. The summed E-state index contributed by atoms with van der Waals surface area (Å²) in [5.74, 6) is 0.623. The van der Waals surface area contributed by atoms with Crippen LogP contribution in [0, 0.1) is 0 Å². The van der Waals surface area contributed by atoms with E-state index >= 15 is 0 Å². The molecule has 7 nitrogen and oxygen atoms in total. The zero-order valence-corrected chi connectivity index (χ0v) is 21.4. The summed E-state index contributed by atoms with van der Waals surface area (Å²) in [6.07, 6.45) is 1.76. The molecule has 4 rings (SSSR count). The van der Waals surface area contributed by atoms with Gasteiger partial charge in [0, 0.05) is 5.56 Å². The van der Waals surface area contributed by atoms with Gasteiger partial charge in [-0.15, -0.1) is 0 Å². The largest absolute Gasteiger partial charge is 0.496 e. The fourth-order valence-electron chi connectivity index (χ4n) is 4.01. The van der Waals surface area contributed by atoms with E-state index in [4.69, 9.17) is 25.8 Å². The first-order valence-corrected chi connectivity index (χ1v) is 12.3. The van der Waals surface area contributed by atoms with Crippen molar-refractivity contribution in [3.63, 3.8) is 0 Å². The molecule has 0 amide bonds. The number of esters is 1. The maximum Gasteiger partial charge on any atom is 0.338 e. The summed E-state index contributed by atoms with van der Waals surface area (Å²) >= 11 is 7.59. The van der Waals surface area contributed by atoms with E-state index in [1.165, 1.54) is 15.9 Å². The summed E-state index contributed by atoms with van der Waals surface area (Å²) in [6.45, 7) is 6.08. The van der Waals surface area contributed by atoms with E-state index < -0.39 is 12.0 Å². The maximum atomic E-state index is 13.7. The summed E-state index contributed by atoms with van der Waals surface area (Å²) in [5.41, 5.74) is 1.95. The molecule has 0 radical (unpaired) electrons. The van der Waals surface area contributed by atoms with Gasteiger partial charge in [0.25, 0.3) is 5.56 Å². The van der Waals surface area contributed by atoms with Gasteiger partial charge in [-0.3, -0.25) is 9.36 Å². The third-order valence-electron chi connectivity index (χ3n) is 5.50. The summed E-state index contributed by atoms with van der Waals surface area (Å²) in [7, 11) is 1.55. The lowest BCUT2D eigenvalue weighted by Crippen LogP contribution is -2.40. The van der Waals surface area contributed by atoms with Gasteiger partial charge in [-0.1, -0.05) is 47.2 Å². The van der Waals surface area contributed by atoms with E-state index in [0.29, 0.717) is 49.3 Å². The van der Waals surface area contributed by atoms with Crippen molar-refractivity contribution >= 4 is 35.0 Å². The van der Waals surface area contributed by atoms with E-state index in [1.54, 1.807) is 45.2 Å². The van der Waals surface area contributed by atoms with Crippen molar-refractivity contribution in [1.29, 1.82) is 0 Å². The van der Waals surface area contributed by atoms with Gasteiger partial charge in [-0.05, 0) is 50.6 Å². The number of carbonyl (C=O) groups excluding carboxylic acids is 1. The molecule has 1 aliphatic heterocycles. The molecule has 0 spiro atoms. The van der Waals surface area contributed by atoms with Gasteiger partial charge in [0.1, 0.15) is 17.5 Å². The van der Waals surface area contributed by atoms with Gasteiger partial charge in [0.05, 0.1) is 41.1 Å². The fraction of sp³-hybridized carbons (Fsp3) is 0.269. The lowest BCUT2D eigenvalue weighted by Gasteiger charge is -2.25. The number of methoxy groups -OCH3 is 1. The quantitative estimate of drug-likeness (QED) is 0.449. The Morgan fingerprint density at radius 3 is 2.63 bits per heavy atom. The number of fused-ring (bicyclic) bond motifs is 1. The summed E-state index contributed by atoms with van der Waals surface area (Å²) < 4.78 is 18.4. The normalized spacial score (nSPS) is 15.5. The number of hydrogen-bond donors (Lipinski definition) is 0. The van der Waals surface area contributed by atoms with Gasteiger partial charge in [0.2, 0.25) is 0 Å². The average Bonchev–Trinajstić information content (AvgIpc) is 3.14. The molecule has 3 aromatic rings. The van der Waals surface area contributed by atoms with Crippen LogP contribution >= 0.6 is 22.9 Å². The number of ether oxygens (including phenoxy) is 3. The van der Waals surface area contributed by atoms with Crippen molar-refractivity contribution in [2.75, 3.05) is 20.3 Å². The number of thiazole rings is 1. The van der Waals surface area contributed by atoms with Crippen molar-refractivity contribution in [1.82, 2.24) is 4.57 Å². The van der Waals surface area contributed by atoms with Gasteiger partial charge in [-0.2, -0.15) is 0 Å². The van der Waals surface area contributed by atoms with Crippen molar-refractivity contribution in [3.8, 4) is 11.5 Å². The fourth-order valence-corrected chi connectivity index (χ4v) is 5.30. The maximum absolute atomic E-state index is 13.7. The summed E-state index contributed by atoms with van der Waals surface area (Å²) in [5, 5.41) is 0.459. The number of benzene rings is 2. The second kappa shape index (κ2) is 10.5. The van der Waals surface area contributed by atoms with Crippen molar-refractivity contribution in [2.45, 2.75) is 26.8 Å². The van der Waals surface area contributed by atoms with Crippen LogP contribution in [0.1, 0.15) is 37.9 Å². The highest BCUT2D eigenvalue weighted by atomic mass is 35.5. The summed E-state index contributed by atoms with van der Waals surface area (Å²) in [6, 6.07) is 11.9. The highest BCUT2D eigenvalue weighted by Crippen LogP contribution is 2.35. The van der Waals surface area contributed by atoms with Gasteiger partial charge in [0.15, 0.2) is 4.80 Å². The van der Waals surface area contributed by atoms with Crippen molar-refractivity contribution in [2.24, 2.45) is 4.99 Å². The smallest absolute Gasteiger partial charge is 0.338 e. The molecular formula is C26H25ClN2O5S. The molecule has 9 heteroatoms. The van der Waals surface area contributed by atoms with Gasteiger partial charge in [-0.25, -0.2) is 9.79 Å². The second-order valence-electron chi connectivity index (χ2n) is 7.67. The zero-order valence-electron chi connectivity index (χ0n) is 19.8. The van der Waals surface area contributed by atoms with Crippen molar-refractivity contribution < 1.29 is 19.0 Å². The minimum Gasteiger partial charge on any atom is -0.496 e. The number of rotatable bonds is 7. The highest BCUT2D eigenvalue weighted by Gasteiger charge is 2.34. The van der Waals surface area contributed by atoms with Crippen LogP contribution in [0.15, 0.2) is 63.5 Å². The van der Waals surface area contributed by atoms with Crippen LogP contribution in [0.25, 0.3) is 6.08 Å². The second-order valence-corrected chi connectivity index (χ2v) is 9.08. The molecule has 1 aliphatic rings. The molecule has 1 atom stereocenters. The molecule has 0 saturated heterocycles. The summed E-state index contributed by atoms with van der Waals surface area (Å²) in [4.78, 5) is 31.8. The van der Waals surface area contributed by atoms with Crippen LogP contribution in [-0.2, 0) is 9.53 Å². The van der Waals surface area contributed by atoms with Crippen LogP contribution < -0.4 is 24.4 Å². The van der Waals surface area contributed by atoms with Gasteiger partial charge >= 0.3 is 5.97 Å².